The SMILES string of the molecule is [CH2]C1=CC(=O)C=CC1=O. The third-order valence-corrected chi connectivity index (χ3v) is 1.03. The van der Waals surface area contributed by atoms with Crippen LogP contribution in [0.2, 0.25) is 0 Å². The summed E-state index contributed by atoms with van der Waals surface area (Å²) in [7, 11) is 0. The zero-order valence-corrected chi connectivity index (χ0v) is 4.76. The van der Waals surface area contributed by atoms with Gasteiger partial charge in [0, 0.05) is 5.57 Å². The Hall–Kier alpha value is -1.18. The lowest BCUT2D eigenvalue weighted by Gasteiger charge is -1.96. The second-order valence-corrected chi connectivity index (χ2v) is 1.77. The molecular weight excluding hydrogens is 116 g/mol. The zero-order valence-electron chi connectivity index (χ0n) is 4.76. The van der Waals surface area contributed by atoms with Crippen molar-refractivity contribution in [3.8, 4) is 0 Å². The van der Waals surface area contributed by atoms with Crippen LogP contribution in [-0.4, -0.2) is 11.6 Å². The van der Waals surface area contributed by atoms with Gasteiger partial charge in [0.2, 0.25) is 0 Å². The largest absolute Gasteiger partial charge is 0.290 e. The molecule has 1 radical (unpaired) electrons. The molecule has 0 heterocycles. The van der Waals surface area contributed by atoms with E-state index in [2.05, 4.69) is 6.92 Å². The molecule has 0 spiro atoms. The van der Waals surface area contributed by atoms with Gasteiger partial charge in [-0.15, -0.1) is 0 Å². The normalized spacial score (nSPS) is 18.1. The van der Waals surface area contributed by atoms with E-state index in [0.717, 1.165) is 0 Å². The van der Waals surface area contributed by atoms with Crippen LogP contribution in [0.15, 0.2) is 23.8 Å². The standard InChI is InChI=1S/C7H5O2/c1-5-4-6(8)2-3-7(5)9/h2-4H,1H2. The Labute approximate surface area is 52.9 Å². The number of hydrogen-bond donors (Lipinski definition) is 0. The summed E-state index contributed by atoms with van der Waals surface area (Å²) in [5.74, 6) is -0.353. The first-order chi connectivity index (χ1) is 4.20. The highest BCUT2D eigenvalue weighted by Gasteiger charge is 2.06. The summed E-state index contributed by atoms with van der Waals surface area (Å²) in [6.07, 6.45) is 3.68. The van der Waals surface area contributed by atoms with Crippen LogP contribution in [0.25, 0.3) is 0 Å². The van der Waals surface area contributed by atoms with Crippen LogP contribution >= 0.6 is 0 Å². The highest BCUT2D eigenvalue weighted by atomic mass is 16.1. The molecule has 2 heteroatoms. The summed E-state index contributed by atoms with van der Waals surface area (Å²) in [5, 5.41) is 0. The van der Waals surface area contributed by atoms with E-state index < -0.39 is 0 Å². The van der Waals surface area contributed by atoms with Crippen molar-refractivity contribution in [1.82, 2.24) is 0 Å². The van der Waals surface area contributed by atoms with Gasteiger partial charge in [-0.2, -0.15) is 0 Å². The fourth-order valence-corrected chi connectivity index (χ4v) is 0.556. The number of carbonyl (C=O) groups is 2. The average molecular weight is 121 g/mol. The maximum absolute atomic E-state index is 10.6. The molecule has 0 aromatic heterocycles. The van der Waals surface area contributed by atoms with Gasteiger partial charge in [0.25, 0.3) is 0 Å². The van der Waals surface area contributed by atoms with E-state index in [4.69, 9.17) is 0 Å². The van der Waals surface area contributed by atoms with Gasteiger partial charge in [-0.25, -0.2) is 0 Å². The van der Waals surface area contributed by atoms with Crippen molar-refractivity contribution in [2.45, 2.75) is 0 Å². The maximum Gasteiger partial charge on any atom is 0.182 e. The summed E-state index contributed by atoms with van der Waals surface area (Å²) in [4.78, 5) is 21.0. The highest BCUT2D eigenvalue weighted by Crippen LogP contribution is 2.01. The molecule has 0 fully saturated rings. The Balaban J connectivity index is 2.95. The summed E-state index contributed by atoms with van der Waals surface area (Å²) in [6.45, 7) is 3.37. The molecule has 0 saturated heterocycles. The fourth-order valence-electron chi connectivity index (χ4n) is 0.556. The lowest BCUT2D eigenvalue weighted by Crippen LogP contribution is -2.04. The first-order valence-corrected chi connectivity index (χ1v) is 2.50. The van der Waals surface area contributed by atoms with E-state index in [1.54, 1.807) is 0 Å². The van der Waals surface area contributed by atoms with Crippen LogP contribution < -0.4 is 0 Å². The summed E-state index contributed by atoms with van der Waals surface area (Å²) >= 11 is 0. The Bertz CT molecular complexity index is 221. The highest BCUT2D eigenvalue weighted by molar-refractivity contribution is 6.17. The molecule has 0 N–H and O–H groups in total. The Morgan fingerprint density at radius 3 is 2.33 bits per heavy atom. The Morgan fingerprint density at radius 2 is 1.89 bits per heavy atom. The molecule has 0 amide bonds. The second kappa shape index (κ2) is 1.97. The molecule has 0 bridgehead atoms. The molecule has 0 atom stereocenters. The van der Waals surface area contributed by atoms with Crippen LogP contribution in [0.5, 0.6) is 0 Å². The molecule has 0 aromatic carbocycles. The van der Waals surface area contributed by atoms with Crippen LogP contribution in [0.1, 0.15) is 0 Å². The number of hydrogen-bond acceptors (Lipinski definition) is 2. The number of rotatable bonds is 0. The van der Waals surface area contributed by atoms with Gasteiger partial charge in [-0.05, 0) is 25.2 Å². The second-order valence-electron chi connectivity index (χ2n) is 1.77. The summed E-state index contributed by atoms with van der Waals surface area (Å²) in [5.41, 5.74) is 0.266. The molecule has 0 unspecified atom stereocenters. The lowest BCUT2D eigenvalue weighted by atomic mass is 10.1. The smallest absolute Gasteiger partial charge is 0.182 e. The van der Waals surface area contributed by atoms with Crippen LogP contribution in [-0.2, 0) is 9.59 Å². The summed E-state index contributed by atoms with van der Waals surface area (Å²) in [6, 6.07) is 0. The molecule has 45 valence electrons. The maximum atomic E-state index is 10.6. The molecule has 0 aliphatic heterocycles. The number of carbonyl (C=O) groups excluding carboxylic acids is 2. The van der Waals surface area contributed by atoms with Gasteiger partial charge in [-0.3, -0.25) is 9.59 Å². The Kier molecular flexibility index (Phi) is 1.30. The van der Waals surface area contributed by atoms with Gasteiger partial charge in [0.15, 0.2) is 11.6 Å². The van der Waals surface area contributed by atoms with Crippen molar-refractivity contribution in [1.29, 1.82) is 0 Å². The van der Waals surface area contributed by atoms with Gasteiger partial charge >= 0.3 is 0 Å². The summed E-state index contributed by atoms with van der Waals surface area (Å²) < 4.78 is 0. The fraction of sp³-hybridized carbons (Fsp3) is 0. The minimum Gasteiger partial charge on any atom is -0.290 e. The zero-order chi connectivity index (χ0) is 6.85. The molecule has 0 saturated carbocycles. The first-order valence-electron chi connectivity index (χ1n) is 2.50. The Morgan fingerprint density at radius 1 is 1.22 bits per heavy atom. The van der Waals surface area contributed by atoms with Gasteiger partial charge in [0.1, 0.15) is 0 Å². The van der Waals surface area contributed by atoms with Crippen molar-refractivity contribution in [3.05, 3.63) is 30.7 Å². The minimum absolute atomic E-state index is 0.167. The van der Waals surface area contributed by atoms with Crippen LogP contribution in [0.3, 0.4) is 0 Å². The van der Waals surface area contributed by atoms with Gasteiger partial charge in [-0.1, -0.05) is 0 Å². The monoisotopic (exact) mass is 121 g/mol. The third-order valence-electron chi connectivity index (χ3n) is 1.03. The first kappa shape index (κ1) is 5.95. The van der Waals surface area contributed by atoms with E-state index >= 15 is 0 Å². The van der Waals surface area contributed by atoms with E-state index in [-0.39, 0.29) is 17.1 Å². The minimum atomic E-state index is -0.186. The molecule has 2 nitrogen and oxygen atoms in total. The third kappa shape index (κ3) is 1.13. The average Bonchev–Trinajstić information content (AvgIpc) is 1.80. The van der Waals surface area contributed by atoms with Crippen LogP contribution in [0.4, 0.5) is 0 Å². The van der Waals surface area contributed by atoms with Crippen molar-refractivity contribution >= 4 is 11.6 Å². The molecule has 1 aliphatic carbocycles. The van der Waals surface area contributed by atoms with Gasteiger partial charge in [0.05, 0.1) is 0 Å². The van der Waals surface area contributed by atoms with E-state index in [1.165, 1.54) is 18.2 Å². The van der Waals surface area contributed by atoms with Crippen molar-refractivity contribution in [2.24, 2.45) is 0 Å². The van der Waals surface area contributed by atoms with Gasteiger partial charge < -0.3 is 0 Å². The molecule has 1 aliphatic rings. The van der Waals surface area contributed by atoms with E-state index in [9.17, 15) is 9.59 Å². The van der Waals surface area contributed by atoms with E-state index in [0.29, 0.717) is 0 Å². The van der Waals surface area contributed by atoms with Crippen molar-refractivity contribution in [2.75, 3.05) is 0 Å². The predicted octanol–water partition coefficient (Wildman–Crippen LogP) is 0.455. The van der Waals surface area contributed by atoms with Crippen LogP contribution in [0, 0.1) is 6.92 Å². The van der Waals surface area contributed by atoms with Crippen molar-refractivity contribution < 1.29 is 9.59 Å². The molecule has 1 rings (SSSR count). The number of ketones is 2. The van der Waals surface area contributed by atoms with Crippen molar-refractivity contribution in [3.63, 3.8) is 0 Å². The quantitative estimate of drug-likeness (QED) is 0.436. The molecule has 9 heavy (non-hydrogen) atoms. The number of allylic oxidation sites excluding steroid dienone is 4. The topological polar surface area (TPSA) is 34.1 Å². The van der Waals surface area contributed by atoms with E-state index in [1.807, 2.05) is 0 Å². The molecular formula is C7H5O2. The predicted molar refractivity (Wildman–Crippen MR) is 32.6 cm³/mol. The molecule has 0 aromatic rings. The lowest BCUT2D eigenvalue weighted by molar-refractivity contribution is -0.114.